The van der Waals surface area contributed by atoms with Crippen molar-refractivity contribution in [1.82, 2.24) is 4.98 Å². The van der Waals surface area contributed by atoms with Gasteiger partial charge in [-0.1, -0.05) is 18.2 Å². The third-order valence-electron chi connectivity index (χ3n) is 2.83. The lowest BCUT2D eigenvalue weighted by molar-refractivity contribution is -0.115. The van der Waals surface area contributed by atoms with E-state index in [1.54, 1.807) is 18.0 Å². The molecule has 1 heterocycles. The first-order valence-electron chi connectivity index (χ1n) is 6.21. The Morgan fingerprint density at radius 3 is 2.62 bits per heavy atom. The molecule has 108 valence electrons. The van der Waals surface area contributed by atoms with Crippen LogP contribution in [-0.4, -0.2) is 34.8 Å². The topological polar surface area (TPSA) is 70.5 Å². The van der Waals surface area contributed by atoms with Crippen LogP contribution in [0.25, 0.3) is 0 Å². The van der Waals surface area contributed by atoms with E-state index >= 15 is 0 Å². The number of aromatic carboxylic acids is 1. The van der Waals surface area contributed by atoms with Crippen molar-refractivity contribution in [3.05, 3.63) is 54.4 Å². The zero-order valence-corrected chi connectivity index (χ0v) is 12.2. The van der Waals surface area contributed by atoms with Gasteiger partial charge < -0.3 is 10.0 Å². The molecule has 0 saturated heterocycles. The Kier molecular flexibility index (Phi) is 4.94. The molecule has 5 nitrogen and oxygen atoms in total. The third kappa shape index (κ3) is 4.06. The van der Waals surface area contributed by atoms with E-state index in [2.05, 4.69) is 4.98 Å². The predicted molar refractivity (Wildman–Crippen MR) is 81.8 cm³/mol. The number of para-hydroxylation sites is 1. The van der Waals surface area contributed by atoms with Gasteiger partial charge in [0.05, 0.1) is 5.75 Å². The molecule has 0 fully saturated rings. The fourth-order valence-electron chi connectivity index (χ4n) is 1.66. The highest BCUT2D eigenvalue weighted by molar-refractivity contribution is 8.00. The van der Waals surface area contributed by atoms with Crippen LogP contribution >= 0.6 is 11.8 Å². The number of carboxylic acid groups (broad SMARTS) is 1. The number of carbonyl (C=O) groups excluding carboxylic acids is 1. The highest BCUT2D eigenvalue weighted by atomic mass is 32.2. The Labute approximate surface area is 126 Å². The van der Waals surface area contributed by atoms with Crippen molar-refractivity contribution in [2.75, 3.05) is 17.7 Å². The minimum Gasteiger partial charge on any atom is -0.477 e. The van der Waals surface area contributed by atoms with Crippen molar-refractivity contribution in [2.45, 2.75) is 4.90 Å². The monoisotopic (exact) mass is 302 g/mol. The molecule has 0 atom stereocenters. The molecule has 0 saturated carbocycles. The summed E-state index contributed by atoms with van der Waals surface area (Å²) in [5.74, 6) is -0.904. The van der Waals surface area contributed by atoms with Crippen LogP contribution in [0.1, 0.15) is 10.5 Å². The standard InChI is InChI=1S/C15H14N2O3S/c1-17(11-5-3-2-4-6-11)14(18)10-21-12-7-8-16-13(9-12)15(19)20/h2-9H,10H2,1H3,(H,19,20). The number of hydrogen-bond acceptors (Lipinski definition) is 4. The number of rotatable bonds is 5. The Morgan fingerprint density at radius 2 is 1.95 bits per heavy atom. The van der Waals surface area contributed by atoms with Gasteiger partial charge >= 0.3 is 5.97 Å². The molecule has 0 spiro atoms. The van der Waals surface area contributed by atoms with E-state index in [1.807, 2.05) is 30.3 Å². The SMILES string of the molecule is CN(C(=O)CSc1ccnc(C(=O)O)c1)c1ccccc1. The summed E-state index contributed by atoms with van der Waals surface area (Å²) in [6.45, 7) is 0. The quantitative estimate of drug-likeness (QED) is 0.859. The fourth-order valence-corrected chi connectivity index (χ4v) is 2.49. The lowest BCUT2D eigenvalue weighted by atomic mass is 10.3. The van der Waals surface area contributed by atoms with Gasteiger partial charge in [0, 0.05) is 23.8 Å². The summed E-state index contributed by atoms with van der Waals surface area (Å²) in [5.41, 5.74) is 0.799. The number of carbonyl (C=O) groups is 2. The maximum Gasteiger partial charge on any atom is 0.354 e. The number of thioether (sulfide) groups is 1. The average Bonchev–Trinajstić information content (AvgIpc) is 2.53. The first-order chi connectivity index (χ1) is 10.1. The maximum atomic E-state index is 12.1. The van der Waals surface area contributed by atoms with E-state index < -0.39 is 5.97 Å². The minimum absolute atomic E-state index is 0.0242. The summed E-state index contributed by atoms with van der Waals surface area (Å²) in [6, 6.07) is 12.5. The zero-order chi connectivity index (χ0) is 15.2. The van der Waals surface area contributed by atoms with Gasteiger partial charge in [-0.3, -0.25) is 4.79 Å². The molecule has 0 aliphatic rings. The average molecular weight is 302 g/mol. The molecule has 0 aliphatic carbocycles. The number of hydrogen-bond donors (Lipinski definition) is 1. The summed E-state index contributed by atoms with van der Waals surface area (Å²) in [6.07, 6.45) is 1.43. The molecule has 2 rings (SSSR count). The van der Waals surface area contributed by atoms with Gasteiger partial charge in [0.2, 0.25) is 5.91 Å². The van der Waals surface area contributed by atoms with E-state index in [-0.39, 0.29) is 17.4 Å². The molecule has 2 aromatic rings. The smallest absolute Gasteiger partial charge is 0.354 e. The van der Waals surface area contributed by atoms with Gasteiger partial charge in [0.1, 0.15) is 5.69 Å². The summed E-state index contributed by atoms with van der Waals surface area (Å²) in [7, 11) is 1.72. The summed E-state index contributed by atoms with van der Waals surface area (Å²) in [4.78, 5) is 29.0. The second-order valence-corrected chi connectivity index (χ2v) is 5.31. The van der Waals surface area contributed by atoms with Crippen LogP contribution in [-0.2, 0) is 4.79 Å². The van der Waals surface area contributed by atoms with Gasteiger partial charge in [0.15, 0.2) is 0 Å². The second-order valence-electron chi connectivity index (χ2n) is 4.26. The fraction of sp³-hybridized carbons (Fsp3) is 0.133. The predicted octanol–water partition coefficient (Wildman–Crippen LogP) is 2.53. The molecule has 0 unspecified atom stereocenters. The van der Waals surface area contributed by atoms with Crippen molar-refractivity contribution >= 4 is 29.3 Å². The van der Waals surface area contributed by atoms with Gasteiger partial charge in [-0.25, -0.2) is 9.78 Å². The molecule has 21 heavy (non-hydrogen) atoms. The largest absolute Gasteiger partial charge is 0.477 e. The number of benzene rings is 1. The number of pyridine rings is 1. The Hall–Kier alpha value is -2.34. The lowest BCUT2D eigenvalue weighted by Gasteiger charge is -2.16. The highest BCUT2D eigenvalue weighted by Crippen LogP contribution is 2.20. The number of carboxylic acids is 1. The molecule has 6 heteroatoms. The summed E-state index contributed by atoms with van der Waals surface area (Å²) < 4.78 is 0. The highest BCUT2D eigenvalue weighted by Gasteiger charge is 2.12. The van der Waals surface area contributed by atoms with Crippen LogP contribution < -0.4 is 4.90 Å². The van der Waals surface area contributed by atoms with Crippen LogP contribution in [0.3, 0.4) is 0 Å². The van der Waals surface area contributed by atoms with Gasteiger partial charge in [0.25, 0.3) is 0 Å². The third-order valence-corrected chi connectivity index (χ3v) is 3.81. The summed E-state index contributed by atoms with van der Waals surface area (Å²) in [5, 5.41) is 8.88. The van der Waals surface area contributed by atoms with Crippen molar-refractivity contribution in [2.24, 2.45) is 0 Å². The molecule has 0 bridgehead atoms. The van der Waals surface area contributed by atoms with E-state index in [1.165, 1.54) is 24.0 Å². The maximum absolute atomic E-state index is 12.1. The van der Waals surface area contributed by atoms with E-state index in [9.17, 15) is 9.59 Å². The number of amides is 1. The molecular weight excluding hydrogens is 288 g/mol. The van der Waals surface area contributed by atoms with E-state index in [0.29, 0.717) is 4.90 Å². The molecule has 1 N–H and O–H groups in total. The number of aromatic nitrogens is 1. The van der Waals surface area contributed by atoms with Crippen molar-refractivity contribution in [1.29, 1.82) is 0 Å². The summed E-state index contributed by atoms with van der Waals surface area (Å²) >= 11 is 1.29. The van der Waals surface area contributed by atoms with Crippen LogP contribution in [0.2, 0.25) is 0 Å². The van der Waals surface area contributed by atoms with Gasteiger partial charge in [-0.05, 0) is 24.3 Å². The second kappa shape index (κ2) is 6.90. The first-order valence-corrected chi connectivity index (χ1v) is 7.20. The van der Waals surface area contributed by atoms with E-state index in [0.717, 1.165) is 5.69 Å². The van der Waals surface area contributed by atoms with Gasteiger partial charge in [-0.2, -0.15) is 0 Å². The molecular formula is C15H14N2O3S. The molecule has 1 aromatic heterocycles. The Bertz CT molecular complexity index is 646. The van der Waals surface area contributed by atoms with Crippen molar-refractivity contribution in [3.8, 4) is 0 Å². The normalized spacial score (nSPS) is 10.1. The zero-order valence-electron chi connectivity index (χ0n) is 11.4. The van der Waals surface area contributed by atoms with Crippen LogP contribution in [0.15, 0.2) is 53.6 Å². The van der Waals surface area contributed by atoms with E-state index in [4.69, 9.17) is 5.11 Å². The van der Waals surface area contributed by atoms with Crippen LogP contribution in [0.5, 0.6) is 0 Å². The van der Waals surface area contributed by atoms with Crippen molar-refractivity contribution < 1.29 is 14.7 Å². The van der Waals surface area contributed by atoms with Gasteiger partial charge in [-0.15, -0.1) is 11.8 Å². The molecule has 1 amide bonds. The van der Waals surface area contributed by atoms with Crippen LogP contribution in [0, 0.1) is 0 Å². The van der Waals surface area contributed by atoms with Crippen molar-refractivity contribution in [3.63, 3.8) is 0 Å². The molecule has 0 aliphatic heterocycles. The first kappa shape index (κ1) is 15.1. The molecule has 0 radical (unpaired) electrons. The van der Waals surface area contributed by atoms with Crippen LogP contribution in [0.4, 0.5) is 5.69 Å². The lowest BCUT2D eigenvalue weighted by Crippen LogP contribution is -2.27. The molecule has 1 aromatic carbocycles. The number of nitrogens with zero attached hydrogens (tertiary/aromatic N) is 2. The minimum atomic E-state index is -1.08. The Morgan fingerprint density at radius 1 is 1.24 bits per heavy atom. The number of anilines is 1. The Balaban J connectivity index is 1.98.